The predicted molar refractivity (Wildman–Crippen MR) is 97.3 cm³/mol. The van der Waals surface area contributed by atoms with Gasteiger partial charge in [-0.15, -0.1) is 5.10 Å². The van der Waals surface area contributed by atoms with Crippen molar-refractivity contribution in [2.75, 3.05) is 20.2 Å². The minimum absolute atomic E-state index is 0.168. The Hall–Kier alpha value is -1.47. The summed E-state index contributed by atoms with van der Waals surface area (Å²) < 4.78 is 7.04. The highest BCUT2D eigenvalue weighted by Gasteiger charge is 2.43. The van der Waals surface area contributed by atoms with E-state index in [0.717, 1.165) is 51.0 Å². The van der Waals surface area contributed by atoms with Crippen LogP contribution in [0.25, 0.3) is 0 Å². The lowest BCUT2D eigenvalue weighted by Gasteiger charge is -2.49. The van der Waals surface area contributed by atoms with Crippen LogP contribution in [0.3, 0.4) is 0 Å². The number of hydrogen-bond acceptors (Lipinski definition) is 5. The smallest absolute Gasteiger partial charge is 0.224 e. The molecule has 4 fully saturated rings. The fourth-order valence-corrected chi connectivity index (χ4v) is 5.04. The number of piperidine rings is 3. The van der Waals surface area contributed by atoms with Gasteiger partial charge in [0.15, 0.2) is 0 Å². The second-order valence-corrected chi connectivity index (χ2v) is 8.25. The molecule has 144 valence electrons. The Morgan fingerprint density at radius 3 is 2.88 bits per heavy atom. The van der Waals surface area contributed by atoms with Gasteiger partial charge < -0.3 is 10.1 Å². The maximum absolute atomic E-state index is 12.8. The molecule has 1 N–H and O–H groups in total. The van der Waals surface area contributed by atoms with Crippen LogP contribution in [-0.2, 0) is 22.7 Å². The Morgan fingerprint density at radius 1 is 1.31 bits per heavy atom. The number of rotatable bonds is 6. The Bertz CT molecular complexity index is 613. The summed E-state index contributed by atoms with van der Waals surface area (Å²) >= 11 is 0. The molecule has 4 aliphatic rings. The number of nitrogens with zero attached hydrogens (tertiary/aromatic N) is 4. The van der Waals surface area contributed by atoms with Crippen molar-refractivity contribution in [1.29, 1.82) is 0 Å². The molecule has 0 aromatic carbocycles. The van der Waals surface area contributed by atoms with Crippen LogP contribution in [-0.4, -0.2) is 58.1 Å². The third-order valence-electron chi connectivity index (χ3n) is 6.44. The van der Waals surface area contributed by atoms with E-state index in [1.807, 2.05) is 10.9 Å². The average Bonchev–Trinajstić information content (AvgIpc) is 3.10. The van der Waals surface area contributed by atoms with Crippen LogP contribution in [0.5, 0.6) is 0 Å². The molecule has 4 heterocycles. The van der Waals surface area contributed by atoms with Crippen molar-refractivity contribution < 1.29 is 9.53 Å². The van der Waals surface area contributed by atoms with Crippen molar-refractivity contribution >= 4 is 5.91 Å². The maximum atomic E-state index is 12.8. The minimum Gasteiger partial charge on any atom is -0.378 e. The first kappa shape index (κ1) is 17.9. The van der Waals surface area contributed by atoms with Gasteiger partial charge in [0, 0.05) is 25.7 Å². The molecule has 1 amide bonds. The van der Waals surface area contributed by atoms with E-state index in [0.29, 0.717) is 30.5 Å². The van der Waals surface area contributed by atoms with Crippen LogP contribution in [0.4, 0.5) is 0 Å². The third kappa shape index (κ3) is 3.93. The number of amides is 1. The molecule has 7 heteroatoms. The largest absolute Gasteiger partial charge is 0.378 e. The van der Waals surface area contributed by atoms with Crippen molar-refractivity contribution in [3.8, 4) is 0 Å². The van der Waals surface area contributed by atoms with Gasteiger partial charge in [-0.25, -0.2) is 0 Å². The summed E-state index contributed by atoms with van der Waals surface area (Å²) in [4.78, 5) is 15.3. The average molecular weight is 361 g/mol. The Morgan fingerprint density at radius 2 is 2.15 bits per heavy atom. The van der Waals surface area contributed by atoms with Gasteiger partial charge in [-0.05, 0) is 38.1 Å². The number of carbonyl (C=O) groups excluding carboxylic acids is 1. The topological polar surface area (TPSA) is 72.3 Å². The highest BCUT2D eigenvalue weighted by atomic mass is 16.5. The molecule has 1 aromatic heterocycles. The number of carbonyl (C=O) groups is 1. The summed E-state index contributed by atoms with van der Waals surface area (Å²) in [6.45, 7) is 3.35. The first-order valence-corrected chi connectivity index (χ1v) is 10.2. The summed E-state index contributed by atoms with van der Waals surface area (Å²) in [7, 11) is 1.67. The van der Waals surface area contributed by atoms with Gasteiger partial charge in [0.25, 0.3) is 0 Å². The van der Waals surface area contributed by atoms with Gasteiger partial charge in [-0.1, -0.05) is 24.5 Å². The standard InChI is InChI=1S/C19H31N5O2/c1-26-13-16-10-24(22-21-16)11-17-9-14-7-8-23(17)12-18(14)19(25)20-15-5-3-2-4-6-15/h10,14-15,17-18H,2-9,11-13H2,1H3,(H,20,25)/t14-,17-,18+/m1/s1. The van der Waals surface area contributed by atoms with Crippen molar-refractivity contribution in [2.45, 2.75) is 70.2 Å². The van der Waals surface area contributed by atoms with E-state index in [2.05, 4.69) is 20.5 Å². The molecule has 2 bridgehead atoms. The summed E-state index contributed by atoms with van der Waals surface area (Å²) in [6.07, 6.45) is 10.4. The van der Waals surface area contributed by atoms with Crippen molar-refractivity contribution in [3.63, 3.8) is 0 Å². The quantitative estimate of drug-likeness (QED) is 0.833. The molecule has 1 aliphatic carbocycles. The summed E-state index contributed by atoms with van der Waals surface area (Å²) in [5, 5.41) is 11.7. The lowest BCUT2D eigenvalue weighted by Crippen LogP contribution is -2.58. The predicted octanol–water partition coefficient (Wildman–Crippen LogP) is 1.58. The minimum atomic E-state index is 0.168. The zero-order valence-corrected chi connectivity index (χ0v) is 15.8. The first-order chi connectivity index (χ1) is 12.7. The second kappa shape index (κ2) is 8.05. The van der Waals surface area contributed by atoms with Gasteiger partial charge in [-0.3, -0.25) is 14.4 Å². The first-order valence-electron chi connectivity index (χ1n) is 10.2. The fraction of sp³-hybridized carbons (Fsp3) is 0.842. The number of fused-ring (bicyclic) bond motifs is 3. The van der Waals surface area contributed by atoms with Crippen LogP contribution >= 0.6 is 0 Å². The van der Waals surface area contributed by atoms with E-state index in [-0.39, 0.29) is 5.92 Å². The molecule has 0 spiro atoms. The molecular formula is C19H31N5O2. The Kier molecular flexibility index (Phi) is 5.55. The molecule has 7 nitrogen and oxygen atoms in total. The van der Waals surface area contributed by atoms with Gasteiger partial charge in [0.05, 0.1) is 25.3 Å². The van der Waals surface area contributed by atoms with Crippen LogP contribution < -0.4 is 5.32 Å². The van der Waals surface area contributed by atoms with E-state index in [1.54, 1.807) is 7.11 Å². The third-order valence-corrected chi connectivity index (χ3v) is 6.44. The van der Waals surface area contributed by atoms with Crippen molar-refractivity contribution in [1.82, 2.24) is 25.2 Å². The number of hydrogen-bond donors (Lipinski definition) is 1. The molecule has 1 unspecified atom stereocenters. The lowest BCUT2D eigenvalue weighted by atomic mass is 9.75. The summed E-state index contributed by atoms with van der Waals surface area (Å²) in [5.41, 5.74) is 0.869. The molecule has 1 aromatic rings. The van der Waals surface area contributed by atoms with Gasteiger partial charge >= 0.3 is 0 Å². The molecule has 3 saturated heterocycles. The summed E-state index contributed by atoms with van der Waals surface area (Å²) in [6, 6.07) is 0.876. The zero-order chi connectivity index (χ0) is 17.9. The van der Waals surface area contributed by atoms with Crippen LogP contribution in [0.15, 0.2) is 6.20 Å². The number of nitrogens with one attached hydrogen (secondary N) is 1. The normalized spacial score (nSPS) is 31.9. The van der Waals surface area contributed by atoms with E-state index < -0.39 is 0 Å². The van der Waals surface area contributed by atoms with Crippen molar-refractivity contribution in [3.05, 3.63) is 11.9 Å². The Balaban J connectivity index is 1.32. The highest BCUT2D eigenvalue weighted by Crippen LogP contribution is 2.37. The van der Waals surface area contributed by atoms with E-state index in [4.69, 9.17) is 4.74 Å². The zero-order valence-electron chi connectivity index (χ0n) is 15.8. The van der Waals surface area contributed by atoms with Crippen LogP contribution in [0, 0.1) is 11.8 Å². The molecular weight excluding hydrogens is 330 g/mol. The Labute approximate surface area is 155 Å². The number of methoxy groups -OCH3 is 1. The van der Waals surface area contributed by atoms with Crippen molar-refractivity contribution in [2.24, 2.45) is 11.8 Å². The monoisotopic (exact) mass is 361 g/mol. The van der Waals surface area contributed by atoms with Crippen LogP contribution in [0.1, 0.15) is 50.6 Å². The molecule has 4 atom stereocenters. The molecule has 3 aliphatic heterocycles. The van der Waals surface area contributed by atoms with E-state index in [9.17, 15) is 4.79 Å². The fourth-order valence-electron chi connectivity index (χ4n) is 5.04. The molecule has 1 saturated carbocycles. The maximum Gasteiger partial charge on any atom is 0.224 e. The number of aromatic nitrogens is 3. The van der Waals surface area contributed by atoms with E-state index >= 15 is 0 Å². The molecule has 5 rings (SSSR count). The van der Waals surface area contributed by atoms with E-state index in [1.165, 1.54) is 19.3 Å². The van der Waals surface area contributed by atoms with Gasteiger partial charge in [0.2, 0.25) is 5.91 Å². The van der Waals surface area contributed by atoms with Gasteiger partial charge in [-0.2, -0.15) is 0 Å². The SMILES string of the molecule is COCc1cn(C[C@H]2C[C@H]3CCN2C[C@@H]3C(=O)NC2CCCCC2)nn1. The summed E-state index contributed by atoms with van der Waals surface area (Å²) in [5.74, 6) is 0.977. The second-order valence-electron chi connectivity index (χ2n) is 8.25. The van der Waals surface area contributed by atoms with Gasteiger partial charge in [0.1, 0.15) is 5.69 Å². The molecule has 26 heavy (non-hydrogen) atoms. The lowest BCUT2D eigenvalue weighted by molar-refractivity contribution is -0.134. The number of ether oxygens (including phenoxy) is 1. The molecule has 0 radical (unpaired) electrons. The highest BCUT2D eigenvalue weighted by molar-refractivity contribution is 5.79. The van der Waals surface area contributed by atoms with Crippen LogP contribution in [0.2, 0.25) is 0 Å².